The lowest BCUT2D eigenvalue weighted by Crippen LogP contribution is -2.57. The van der Waals surface area contributed by atoms with Crippen LogP contribution in [0.5, 0.6) is 0 Å². The number of unbranched alkanes of at least 4 members (excludes halogenated alkanes) is 1. The van der Waals surface area contributed by atoms with Crippen molar-refractivity contribution < 1.29 is 29.1 Å². The number of aliphatic carboxylic acids is 1. The zero-order valence-electron chi connectivity index (χ0n) is 19.7. The summed E-state index contributed by atoms with van der Waals surface area (Å²) >= 11 is 1.48. The molecule has 12 nitrogen and oxygen atoms in total. The van der Waals surface area contributed by atoms with Crippen molar-refractivity contribution in [2.24, 2.45) is 17.2 Å². The Morgan fingerprint density at radius 2 is 1.74 bits per heavy atom. The Morgan fingerprint density at radius 1 is 1.06 bits per heavy atom. The number of carboxylic acid groups (broad SMARTS) is 1. The molecule has 1 saturated heterocycles. The topological polar surface area (TPSA) is 211 Å². The molecule has 0 radical (unpaired) electrons. The van der Waals surface area contributed by atoms with Crippen molar-refractivity contribution >= 4 is 41.4 Å². The molecular weight excluding hydrogens is 464 g/mol. The number of nitrogens with zero attached hydrogens (tertiary/aromatic N) is 1. The quantitative estimate of drug-likeness (QED) is 0.135. The Hall–Kier alpha value is -2.38. The van der Waals surface area contributed by atoms with E-state index in [1.165, 1.54) is 16.7 Å². The van der Waals surface area contributed by atoms with E-state index >= 15 is 0 Å². The predicted octanol–water partition coefficient (Wildman–Crippen LogP) is -1.49. The van der Waals surface area contributed by atoms with E-state index in [2.05, 4.69) is 10.6 Å². The molecule has 1 rings (SSSR count). The van der Waals surface area contributed by atoms with Gasteiger partial charge in [-0.3, -0.25) is 19.2 Å². The number of nitrogens with one attached hydrogen (secondary N) is 2. The Kier molecular flexibility index (Phi) is 13.5. The van der Waals surface area contributed by atoms with Gasteiger partial charge in [-0.05, 0) is 57.1 Å². The second-order valence-electron chi connectivity index (χ2n) is 8.33. The number of rotatable bonds is 16. The molecule has 1 aliphatic heterocycles. The fourth-order valence-electron chi connectivity index (χ4n) is 3.73. The lowest BCUT2D eigenvalue weighted by molar-refractivity contribution is -0.149. The molecule has 1 heterocycles. The molecule has 194 valence electrons. The summed E-state index contributed by atoms with van der Waals surface area (Å²) in [5.74, 6) is -2.89. The number of thioether (sulfide) groups is 1. The summed E-state index contributed by atoms with van der Waals surface area (Å²) in [5.41, 5.74) is 16.6. The summed E-state index contributed by atoms with van der Waals surface area (Å²) in [6, 6.07) is -3.88. The van der Waals surface area contributed by atoms with Gasteiger partial charge in [0.2, 0.25) is 23.6 Å². The summed E-state index contributed by atoms with van der Waals surface area (Å²) < 4.78 is 0. The molecule has 1 fully saturated rings. The third-order valence-corrected chi connectivity index (χ3v) is 6.31. The molecule has 1 aliphatic rings. The molecule has 0 aromatic rings. The number of amides is 4. The van der Waals surface area contributed by atoms with Gasteiger partial charge in [-0.15, -0.1) is 0 Å². The summed E-state index contributed by atoms with van der Waals surface area (Å²) in [6.07, 6.45) is 4.57. The number of primary amides is 1. The number of nitrogens with two attached hydrogens (primary N) is 3. The van der Waals surface area contributed by atoms with Gasteiger partial charge in [-0.25, -0.2) is 4.79 Å². The van der Waals surface area contributed by atoms with Crippen molar-refractivity contribution in [3.8, 4) is 0 Å². The van der Waals surface area contributed by atoms with Gasteiger partial charge in [0.05, 0.1) is 6.04 Å². The minimum atomic E-state index is -1.15. The maximum absolute atomic E-state index is 13.1. The molecule has 0 aromatic heterocycles. The lowest BCUT2D eigenvalue weighted by Gasteiger charge is -2.29. The van der Waals surface area contributed by atoms with E-state index in [1.807, 2.05) is 6.26 Å². The van der Waals surface area contributed by atoms with E-state index < -0.39 is 53.8 Å². The fourth-order valence-corrected chi connectivity index (χ4v) is 4.20. The second-order valence-corrected chi connectivity index (χ2v) is 9.31. The van der Waals surface area contributed by atoms with E-state index in [4.69, 9.17) is 17.2 Å². The lowest BCUT2D eigenvalue weighted by atomic mass is 10.1. The number of hydrogen-bond acceptors (Lipinski definition) is 8. The summed E-state index contributed by atoms with van der Waals surface area (Å²) in [5, 5.41) is 14.7. The van der Waals surface area contributed by atoms with Crippen molar-refractivity contribution in [1.29, 1.82) is 0 Å². The Morgan fingerprint density at radius 3 is 2.32 bits per heavy atom. The van der Waals surface area contributed by atoms with Crippen molar-refractivity contribution in [1.82, 2.24) is 15.5 Å². The molecule has 34 heavy (non-hydrogen) atoms. The van der Waals surface area contributed by atoms with Gasteiger partial charge in [-0.2, -0.15) is 11.8 Å². The maximum Gasteiger partial charge on any atom is 0.326 e. The van der Waals surface area contributed by atoms with Crippen LogP contribution >= 0.6 is 11.8 Å². The third kappa shape index (κ3) is 9.85. The van der Waals surface area contributed by atoms with Crippen molar-refractivity contribution in [2.75, 3.05) is 25.1 Å². The Balaban J connectivity index is 2.94. The number of carboxylic acids is 1. The van der Waals surface area contributed by atoms with Crippen LogP contribution in [0, 0.1) is 0 Å². The molecular formula is C21H38N6O6S. The first-order valence-electron chi connectivity index (χ1n) is 11.5. The average Bonchev–Trinajstić information content (AvgIpc) is 3.28. The van der Waals surface area contributed by atoms with Crippen molar-refractivity contribution in [2.45, 2.75) is 75.5 Å². The van der Waals surface area contributed by atoms with E-state index in [0.717, 1.165) is 6.42 Å². The largest absolute Gasteiger partial charge is 0.480 e. The van der Waals surface area contributed by atoms with E-state index in [-0.39, 0.29) is 19.4 Å². The van der Waals surface area contributed by atoms with Gasteiger partial charge in [0, 0.05) is 13.0 Å². The molecule has 4 amide bonds. The SMILES string of the molecule is CSCCC(NC(=O)C(N)CCCCN)C(=O)NC(CCC(N)=O)C(=O)N1CCCC1C(=O)O. The molecule has 0 bridgehead atoms. The van der Waals surface area contributed by atoms with Crippen LogP contribution in [-0.2, 0) is 24.0 Å². The molecule has 0 aliphatic carbocycles. The Bertz CT molecular complexity index is 724. The molecule has 0 spiro atoms. The monoisotopic (exact) mass is 502 g/mol. The fraction of sp³-hybridized carbons (Fsp3) is 0.762. The molecule has 9 N–H and O–H groups in total. The van der Waals surface area contributed by atoms with Crippen LogP contribution in [0.4, 0.5) is 0 Å². The van der Waals surface area contributed by atoms with Crippen LogP contribution in [-0.4, -0.2) is 88.9 Å². The van der Waals surface area contributed by atoms with Crippen molar-refractivity contribution in [3.63, 3.8) is 0 Å². The molecule has 0 aromatic carbocycles. The first kappa shape index (κ1) is 29.7. The molecule has 4 atom stereocenters. The van der Waals surface area contributed by atoms with Crippen LogP contribution in [0.25, 0.3) is 0 Å². The highest BCUT2D eigenvalue weighted by atomic mass is 32.2. The van der Waals surface area contributed by atoms with Crippen LogP contribution in [0.3, 0.4) is 0 Å². The van der Waals surface area contributed by atoms with Crippen LogP contribution in [0.15, 0.2) is 0 Å². The van der Waals surface area contributed by atoms with E-state index in [1.54, 1.807) is 0 Å². The smallest absolute Gasteiger partial charge is 0.326 e. The average molecular weight is 503 g/mol. The highest BCUT2D eigenvalue weighted by Gasteiger charge is 2.38. The van der Waals surface area contributed by atoms with Gasteiger partial charge in [-0.1, -0.05) is 6.42 Å². The minimum absolute atomic E-state index is 0.0788. The van der Waals surface area contributed by atoms with Gasteiger partial charge in [0.25, 0.3) is 0 Å². The normalized spacial score (nSPS) is 18.1. The van der Waals surface area contributed by atoms with Gasteiger partial charge >= 0.3 is 5.97 Å². The van der Waals surface area contributed by atoms with E-state index in [0.29, 0.717) is 44.4 Å². The van der Waals surface area contributed by atoms with Crippen LogP contribution in [0.2, 0.25) is 0 Å². The summed E-state index contributed by atoms with van der Waals surface area (Å²) in [6.45, 7) is 0.733. The standard InChI is InChI=1S/C21H38N6O6S/c1-34-12-9-14(25-18(29)13(23)5-2-3-10-22)19(30)26-15(7-8-17(24)28)20(31)27-11-4-6-16(27)21(32)33/h13-16H,2-12,22-23H2,1H3,(H2,24,28)(H,25,29)(H,26,30)(H,32,33). The molecule has 4 unspecified atom stereocenters. The number of hydrogen-bond donors (Lipinski definition) is 6. The predicted molar refractivity (Wildman–Crippen MR) is 129 cm³/mol. The maximum atomic E-state index is 13.1. The first-order chi connectivity index (χ1) is 16.1. The summed E-state index contributed by atoms with van der Waals surface area (Å²) in [4.78, 5) is 62.7. The number of carbonyl (C=O) groups excluding carboxylic acids is 4. The van der Waals surface area contributed by atoms with Gasteiger partial charge < -0.3 is 37.8 Å². The first-order valence-corrected chi connectivity index (χ1v) is 12.9. The number of carbonyl (C=O) groups is 5. The minimum Gasteiger partial charge on any atom is -0.480 e. The Labute approximate surface area is 204 Å². The zero-order chi connectivity index (χ0) is 25.7. The second kappa shape index (κ2) is 15.5. The third-order valence-electron chi connectivity index (χ3n) is 5.66. The van der Waals surface area contributed by atoms with Gasteiger partial charge in [0.1, 0.15) is 18.1 Å². The zero-order valence-corrected chi connectivity index (χ0v) is 20.5. The van der Waals surface area contributed by atoms with Gasteiger partial charge in [0.15, 0.2) is 0 Å². The van der Waals surface area contributed by atoms with Crippen molar-refractivity contribution in [3.05, 3.63) is 0 Å². The number of likely N-dealkylation sites (tertiary alicyclic amines) is 1. The molecule has 0 saturated carbocycles. The molecule has 13 heteroatoms. The van der Waals surface area contributed by atoms with Crippen LogP contribution < -0.4 is 27.8 Å². The highest BCUT2D eigenvalue weighted by molar-refractivity contribution is 7.98. The van der Waals surface area contributed by atoms with Crippen LogP contribution in [0.1, 0.15) is 51.4 Å². The highest BCUT2D eigenvalue weighted by Crippen LogP contribution is 2.20. The summed E-state index contributed by atoms with van der Waals surface area (Å²) in [7, 11) is 0. The van der Waals surface area contributed by atoms with E-state index in [9.17, 15) is 29.1 Å².